The Bertz CT molecular complexity index is 1160. The van der Waals surface area contributed by atoms with Crippen LogP contribution in [0.1, 0.15) is 35.7 Å². The van der Waals surface area contributed by atoms with Crippen LogP contribution in [0, 0.1) is 6.92 Å². The Kier molecular flexibility index (Phi) is 14.2. The summed E-state index contributed by atoms with van der Waals surface area (Å²) in [7, 11) is 0. The molecule has 2 atom stereocenters. The summed E-state index contributed by atoms with van der Waals surface area (Å²) in [5.41, 5.74) is 9.43. The molecule has 6 N–H and O–H groups in total. The number of anilines is 1. The summed E-state index contributed by atoms with van der Waals surface area (Å²) in [6.07, 6.45) is 1.97. The minimum Gasteiger partial charge on any atom is -0.508 e. The van der Waals surface area contributed by atoms with E-state index in [2.05, 4.69) is 20.9 Å². The number of benzene rings is 2. The topological polar surface area (TPSA) is 129 Å². The number of nitrogens with zero attached hydrogens (tertiary/aromatic N) is 1. The third kappa shape index (κ3) is 10.6. The number of aromatic hydroxyl groups is 1. The van der Waals surface area contributed by atoms with Crippen molar-refractivity contribution < 1.29 is 14.7 Å². The molecule has 0 saturated carbocycles. The molecule has 206 valence electrons. The second-order valence-electron chi connectivity index (χ2n) is 8.88. The minimum absolute atomic E-state index is 0. The van der Waals surface area contributed by atoms with E-state index in [9.17, 15) is 14.7 Å². The molecule has 0 aliphatic rings. The Morgan fingerprint density at radius 1 is 0.947 bits per heavy atom. The van der Waals surface area contributed by atoms with Gasteiger partial charge in [0.25, 0.3) is 0 Å². The Balaban J connectivity index is 0.00000361. The van der Waals surface area contributed by atoms with Gasteiger partial charge in [-0.15, -0.1) is 24.8 Å². The lowest BCUT2D eigenvalue weighted by Crippen LogP contribution is -2.52. The van der Waals surface area contributed by atoms with Crippen LogP contribution >= 0.6 is 24.8 Å². The molecule has 2 unspecified atom stereocenters. The van der Waals surface area contributed by atoms with Crippen LogP contribution in [0.25, 0.3) is 0 Å². The maximum Gasteiger partial charge on any atom is 0.242 e. The van der Waals surface area contributed by atoms with Gasteiger partial charge < -0.3 is 26.8 Å². The van der Waals surface area contributed by atoms with E-state index in [0.717, 1.165) is 28.8 Å². The number of nitrogens with two attached hydrogens (primary N) is 1. The predicted molar refractivity (Wildman–Crippen MR) is 156 cm³/mol. The molecule has 0 aliphatic heterocycles. The van der Waals surface area contributed by atoms with Crippen LogP contribution < -0.4 is 21.7 Å². The van der Waals surface area contributed by atoms with Crippen molar-refractivity contribution in [1.29, 1.82) is 0 Å². The van der Waals surface area contributed by atoms with Gasteiger partial charge in [-0.25, -0.2) is 4.98 Å². The smallest absolute Gasteiger partial charge is 0.242 e. The summed E-state index contributed by atoms with van der Waals surface area (Å²) in [6, 6.07) is 19.4. The number of phenols is 1. The van der Waals surface area contributed by atoms with Crippen molar-refractivity contribution in [1.82, 2.24) is 20.9 Å². The van der Waals surface area contributed by atoms with Gasteiger partial charge in [0.1, 0.15) is 17.6 Å². The maximum absolute atomic E-state index is 13.1. The molecule has 3 aromatic rings. The second kappa shape index (κ2) is 16.5. The van der Waals surface area contributed by atoms with Crippen LogP contribution in [0.2, 0.25) is 0 Å². The first-order valence-electron chi connectivity index (χ1n) is 12.2. The molecule has 0 bridgehead atoms. The normalized spacial score (nSPS) is 11.8. The van der Waals surface area contributed by atoms with Crippen molar-refractivity contribution in [2.75, 3.05) is 12.3 Å². The number of aromatic nitrogens is 1. The van der Waals surface area contributed by atoms with Crippen molar-refractivity contribution in [3.63, 3.8) is 0 Å². The highest BCUT2D eigenvalue weighted by molar-refractivity contribution is 5.89. The van der Waals surface area contributed by atoms with Crippen LogP contribution in [0.15, 0.2) is 66.7 Å². The van der Waals surface area contributed by atoms with E-state index in [4.69, 9.17) is 5.73 Å². The molecule has 38 heavy (non-hydrogen) atoms. The zero-order chi connectivity index (χ0) is 25.9. The Labute approximate surface area is 236 Å². The lowest BCUT2D eigenvalue weighted by molar-refractivity contribution is -0.129. The molecule has 8 nitrogen and oxygen atoms in total. The van der Waals surface area contributed by atoms with Crippen molar-refractivity contribution in [2.24, 2.45) is 0 Å². The number of carbonyl (C=O) groups excluding carboxylic acids is 2. The average Bonchev–Trinajstić information content (AvgIpc) is 2.86. The largest absolute Gasteiger partial charge is 0.508 e. The van der Waals surface area contributed by atoms with E-state index in [1.165, 1.54) is 0 Å². The van der Waals surface area contributed by atoms with Crippen molar-refractivity contribution in [2.45, 2.75) is 51.7 Å². The first-order valence-corrected chi connectivity index (χ1v) is 12.2. The fraction of sp³-hybridized carbons (Fsp3) is 0.321. The second-order valence-corrected chi connectivity index (χ2v) is 8.88. The molecule has 1 heterocycles. The third-order valence-electron chi connectivity index (χ3n) is 6.02. The van der Waals surface area contributed by atoms with Gasteiger partial charge in [-0.3, -0.25) is 9.59 Å². The van der Waals surface area contributed by atoms with Gasteiger partial charge in [-0.2, -0.15) is 0 Å². The number of rotatable bonds is 12. The van der Waals surface area contributed by atoms with E-state index < -0.39 is 12.1 Å². The zero-order valence-corrected chi connectivity index (χ0v) is 23.3. The van der Waals surface area contributed by atoms with E-state index in [1.54, 1.807) is 31.2 Å². The number of halogens is 2. The first kappa shape index (κ1) is 32.7. The van der Waals surface area contributed by atoms with Gasteiger partial charge in [0.2, 0.25) is 11.8 Å². The number of hydrogen-bond acceptors (Lipinski definition) is 6. The Hall–Kier alpha value is -3.33. The zero-order valence-electron chi connectivity index (χ0n) is 21.6. The Morgan fingerprint density at radius 3 is 2.34 bits per heavy atom. The number of amides is 2. The number of pyridine rings is 1. The number of aryl methyl sites for hydroxylation is 2. The SMILES string of the molecule is Cc1nc(N)ccc1CNC(=O)C(C)NC(=O)C(CCc1ccccc1)NCCc1cccc(O)c1.Cl.Cl. The molecular weight excluding hydrogens is 525 g/mol. The molecule has 0 spiro atoms. The third-order valence-corrected chi connectivity index (χ3v) is 6.02. The molecule has 1 aromatic heterocycles. The molecule has 0 radical (unpaired) electrons. The molecule has 3 rings (SSSR count). The van der Waals surface area contributed by atoms with Crippen molar-refractivity contribution in [3.05, 3.63) is 89.1 Å². The van der Waals surface area contributed by atoms with Gasteiger partial charge >= 0.3 is 0 Å². The first-order chi connectivity index (χ1) is 17.3. The fourth-order valence-corrected chi connectivity index (χ4v) is 3.90. The fourth-order valence-electron chi connectivity index (χ4n) is 3.90. The lowest BCUT2D eigenvalue weighted by atomic mass is 10.0. The minimum atomic E-state index is -0.702. The van der Waals surface area contributed by atoms with Crippen LogP contribution in [0.5, 0.6) is 5.75 Å². The van der Waals surface area contributed by atoms with Gasteiger partial charge in [0.15, 0.2) is 0 Å². The summed E-state index contributed by atoms with van der Waals surface area (Å²) in [4.78, 5) is 30.0. The highest BCUT2D eigenvalue weighted by Crippen LogP contribution is 2.12. The quantitative estimate of drug-likeness (QED) is 0.230. The molecular formula is C28H37Cl2N5O3. The maximum atomic E-state index is 13.1. The summed E-state index contributed by atoms with van der Waals surface area (Å²) in [5.74, 6) is 0.146. The summed E-state index contributed by atoms with van der Waals surface area (Å²) in [6.45, 7) is 4.36. The molecule has 2 amide bonds. The van der Waals surface area contributed by atoms with Gasteiger partial charge in [0.05, 0.1) is 6.04 Å². The van der Waals surface area contributed by atoms with Gasteiger partial charge in [-0.05, 0) is 74.5 Å². The van der Waals surface area contributed by atoms with Crippen molar-refractivity contribution in [3.8, 4) is 5.75 Å². The van der Waals surface area contributed by atoms with Gasteiger partial charge in [-0.1, -0.05) is 48.5 Å². The van der Waals surface area contributed by atoms with E-state index in [0.29, 0.717) is 31.7 Å². The summed E-state index contributed by atoms with van der Waals surface area (Å²) >= 11 is 0. The molecule has 10 heteroatoms. The van der Waals surface area contributed by atoms with Crippen LogP contribution in [-0.4, -0.2) is 40.5 Å². The number of nitrogen functional groups attached to an aromatic ring is 1. The van der Waals surface area contributed by atoms with Crippen LogP contribution in [-0.2, 0) is 29.0 Å². The van der Waals surface area contributed by atoms with Crippen molar-refractivity contribution >= 4 is 42.4 Å². The van der Waals surface area contributed by atoms with E-state index >= 15 is 0 Å². The standard InChI is InChI=1S/C28H35N5O3.2ClH/c1-19-23(12-14-26(29)32-19)18-31-27(35)20(2)33-28(36)25(13-11-21-7-4-3-5-8-21)30-16-15-22-9-6-10-24(34)17-22;;/h3-10,12,14,17,20,25,30,34H,11,13,15-16,18H2,1-2H3,(H2,29,32)(H,31,35)(H,33,36);2*1H. The highest BCUT2D eigenvalue weighted by atomic mass is 35.5. The summed E-state index contributed by atoms with van der Waals surface area (Å²) < 4.78 is 0. The number of carbonyl (C=O) groups is 2. The predicted octanol–water partition coefficient (Wildman–Crippen LogP) is 3.48. The highest BCUT2D eigenvalue weighted by Gasteiger charge is 2.22. The van der Waals surface area contributed by atoms with Crippen LogP contribution in [0.3, 0.4) is 0 Å². The monoisotopic (exact) mass is 561 g/mol. The molecule has 0 saturated heterocycles. The summed E-state index contributed by atoms with van der Waals surface area (Å²) in [5, 5.41) is 18.7. The number of phenolic OH excluding ortho intramolecular Hbond substituents is 1. The van der Waals surface area contributed by atoms with E-state index in [1.807, 2.05) is 49.4 Å². The molecule has 0 aliphatic carbocycles. The lowest BCUT2D eigenvalue weighted by Gasteiger charge is -2.21. The molecule has 2 aromatic carbocycles. The number of nitrogens with one attached hydrogen (secondary N) is 3. The average molecular weight is 563 g/mol. The van der Waals surface area contributed by atoms with Gasteiger partial charge in [0, 0.05) is 12.2 Å². The van der Waals surface area contributed by atoms with E-state index in [-0.39, 0.29) is 42.4 Å². The molecule has 0 fully saturated rings. The number of hydrogen-bond donors (Lipinski definition) is 5. The Morgan fingerprint density at radius 2 is 1.66 bits per heavy atom. The van der Waals surface area contributed by atoms with Crippen LogP contribution in [0.4, 0.5) is 5.82 Å².